The lowest BCUT2D eigenvalue weighted by Crippen LogP contribution is -2.53. The van der Waals surface area contributed by atoms with Crippen molar-refractivity contribution in [3.8, 4) is 0 Å². The second kappa shape index (κ2) is 3.10. The smallest absolute Gasteiger partial charge is 0.0719 e. The molecular weight excluding hydrogens is 196 g/mol. The SMILES string of the molecule is CC1(C)C[C@](C)(O)C(C)(C)c2ccccc21. The molecule has 2 rings (SSSR count). The third kappa shape index (κ3) is 1.41. The molecule has 0 heterocycles. The summed E-state index contributed by atoms with van der Waals surface area (Å²) in [6.07, 6.45) is 0.810. The van der Waals surface area contributed by atoms with Gasteiger partial charge in [0, 0.05) is 5.41 Å². The van der Waals surface area contributed by atoms with E-state index in [-0.39, 0.29) is 10.8 Å². The molecule has 1 aliphatic rings. The Balaban J connectivity index is 2.71. The van der Waals surface area contributed by atoms with Gasteiger partial charge in [0.05, 0.1) is 5.60 Å². The lowest BCUT2D eigenvalue weighted by atomic mass is 9.56. The quantitative estimate of drug-likeness (QED) is 0.707. The molecule has 1 aromatic rings. The van der Waals surface area contributed by atoms with Gasteiger partial charge in [-0.3, -0.25) is 0 Å². The van der Waals surface area contributed by atoms with E-state index in [2.05, 4.69) is 52.0 Å². The van der Waals surface area contributed by atoms with Crippen molar-refractivity contribution in [1.29, 1.82) is 0 Å². The van der Waals surface area contributed by atoms with Crippen LogP contribution in [0.15, 0.2) is 24.3 Å². The first-order valence-corrected chi connectivity index (χ1v) is 6.01. The lowest BCUT2D eigenvalue weighted by Gasteiger charge is -2.51. The molecule has 0 aromatic heterocycles. The summed E-state index contributed by atoms with van der Waals surface area (Å²) in [4.78, 5) is 0. The van der Waals surface area contributed by atoms with Crippen LogP contribution in [0.1, 0.15) is 52.2 Å². The number of benzene rings is 1. The number of rotatable bonds is 0. The zero-order valence-corrected chi connectivity index (χ0v) is 11.0. The Morgan fingerprint density at radius 1 is 0.938 bits per heavy atom. The Morgan fingerprint density at radius 3 is 2.00 bits per heavy atom. The summed E-state index contributed by atoms with van der Waals surface area (Å²) >= 11 is 0. The first-order valence-electron chi connectivity index (χ1n) is 6.01. The van der Waals surface area contributed by atoms with Crippen molar-refractivity contribution in [2.24, 2.45) is 0 Å². The van der Waals surface area contributed by atoms with Crippen molar-refractivity contribution in [2.45, 2.75) is 57.5 Å². The van der Waals surface area contributed by atoms with Crippen molar-refractivity contribution in [2.75, 3.05) is 0 Å². The number of aliphatic hydroxyl groups is 1. The van der Waals surface area contributed by atoms with Gasteiger partial charge in [-0.2, -0.15) is 0 Å². The zero-order chi connectivity index (χ0) is 12.2. The van der Waals surface area contributed by atoms with E-state index in [9.17, 15) is 5.11 Å². The highest BCUT2D eigenvalue weighted by molar-refractivity contribution is 5.44. The molecule has 1 aromatic carbocycles. The van der Waals surface area contributed by atoms with E-state index in [1.165, 1.54) is 11.1 Å². The zero-order valence-electron chi connectivity index (χ0n) is 11.0. The third-order valence-corrected chi connectivity index (χ3v) is 4.46. The third-order valence-electron chi connectivity index (χ3n) is 4.46. The van der Waals surface area contributed by atoms with Crippen LogP contribution in [0.25, 0.3) is 0 Å². The van der Waals surface area contributed by atoms with Gasteiger partial charge in [0.25, 0.3) is 0 Å². The molecule has 1 heteroatoms. The molecular formula is C15H22O. The molecule has 0 unspecified atom stereocenters. The van der Waals surface area contributed by atoms with Crippen LogP contribution >= 0.6 is 0 Å². The van der Waals surface area contributed by atoms with Gasteiger partial charge >= 0.3 is 0 Å². The largest absolute Gasteiger partial charge is 0.389 e. The highest BCUT2D eigenvalue weighted by atomic mass is 16.3. The lowest BCUT2D eigenvalue weighted by molar-refractivity contribution is -0.0421. The molecule has 0 saturated carbocycles. The van der Waals surface area contributed by atoms with Crippen molar-refractivity contribution < 1.29 is 5.11 Å². The maximum Gasteiger partial charge on any atom is 0.0719 e. The maximum absolute atomic E-state index is 10.7. The van der Waals surface area contributed by atoms with Crippen LogP contribution in [-0.2, 0) is 10.8 Å². The molecule has 1 nitrogen and oxygen atoms in total. The average Bonchev–Trinajstić information content (AvgIpc) is 2.14. The molecule has 88 valence electrons. The summed E-state index contributed by atoms with van der Waals surface area (Å²) in [5, 5.41) is 10.7. The molecule has 0 aliphatic heterocycles. The maximum atomic E-state index is 10.7. The number of fused-ring (bicyclic) bond motifs is 1. The highest BCUT2D eigenvalue weighted by Crippen LogP contribution is 2.50. The second-order valence-electron chi connectivity index (χ2n) is 6.51. The van der Waals surface area contributed by atoms with Crippen LogP contribution in [0.5, 0.6) is 0 Å². The van der Waals surface area contributed by atoms with Gasteiger partial charge in [0.2, 0.25) is 0 Å². The van der Waals surface area contributed by atoms with Crippen molar-refractivity contribution in [1.82, 2.24) is 0 Å². The van der Waals surface area contributed by atoms with Crippen LogP contribution in [0.4, 0.5) is 0 Å². The van der Waals surface area contributed by atoms with Crippen molar-refractivity contribution in [3.05, 3.63) is 35.4 Å². The summed E-state index contributed by atoms with van der Waals surface area (Å²) in [6, 6.07) is 8.52. The minimum atomic E-state index is -0.648. The van der Waals surface area contributed by atoms with Gasteiger partial charge < -0.3 is 5.11 Å². The minimum Gasteiger partial charge on any atom is -0.389 e. The molecule has 0 amide bonds. The number of hydrogen-bond donors (Lipinski definition) is 1. The molecule has 1 atom stereocenters. The Kier molecular flexibility index (Phi) is 2.26. The van der Waals surface area contributed by atoms with Crippen LogP contribution in [0, 0.1) is 0 Å². The Hall–Kier alpha value is -0.820. The van der Waals surface area contributed by atoms with E-state index in [1.807, 2.05) is 6.92 Å². The van der Waals surface area contributed by atoms with E-state index in [1.54, 1.807) is 0 Å². The molecule has 0 fully saturated rings. The fourth-order valence-corrected chi connectivity index (χ4v) is 3.09. The van der Waals surface area contributed by atoms with Crippen LogP contribution in [0.2, 0.25) is 0 Å². The molecule has 0 radical (unpaired) electrons. The fraction of sp³-hybridized carbons (Fsp3) is 0.600. The summed E-state index contributed by atoms with van der Waals surface area (Å²) in [6.45, 7) is 10.7. The topological polar surface area (TPSA) is 20.2 Å². The summed E-state index contributed by atoms with van der Waals surface area (Å²) < 4.78 is 0. The van der Waals surface area contributed by atoms with E-state index in [0.717, 1.165) is 6.42 Å². The first kappa shape index (κ1) is 11.7. The van der Waals surface area contributed by atoms with Gasteiger partial charge in [-0.1, -0.05) is 52.0 Å². The van der Waals surface area contributed by atoms with E-state index in [0.29, 0.717) is 0 Å². The summed E-state index contributed by atoms with van der Waals surface area (Å²) in [5.41, 5.74) is 1.89. The van der Waals surface area contributed by atoms with Gasteiger partial charge in [0.1, 0.15) is 0 Å². The standard InChI is InChI=1S/C15H22O/c1-13(2)10-15(5,16)14(3,4)12-9-7-6-8-11(12)13/h6-9,16H,10H2,1-5H3/t15-/m0/s1. The normalized spacial score (nSPS) is 30.9. The fourth-order valence-electron chi connectivity index (χ4n) is 3.09. The van der Waals surface area contributed by atoms with Gasteiger partial charge in [-0.15, -0.1) is 0 Å². The molecule has 0 spiro atoms. The average molecular weight is 218 g/mol. The summed E-state index contributed by atoms with van der Waals surface area (Å²) in [5.74, 6) is 0. The second-order valence-corrected chi connectivity index (χ2v) is 6.51. The Morgan fingerprint density at radius 2 is 1.44 bits per heavy atom. The summed E-state index contributed by atoms with van der Waals surface area (Å²) in [7, 11) is 0. The molecule has 1 N–H and O–H groups in total. The molecule has 1 aliphatic carbocycles. The van der Waals surface area contributed by atoms with Gasteiger partial charge in [0.15, 0.2) is 0 Å². The van der Waals surface area contributed by atoms with E-state index in [4.69, 9.17) is 0 Å². The molecule has 0 bridgehead atoms. The van der Waals surface area contributed by atoms with Crippen LogP contribution in [-0.4, -0.2) is 10.7 Å². The Bertz CT molecular complexity index is 413. The minimum absolute atomic E-state index is 0.0512. The Labute approximate surface area is 98.5 Å². The molecule has 0 saturated heterocycles. The van der Waals surface area contributed by atoms with Gasteiger partial charge in [-0.25, -0.2) is 0 Å². The highest BCUT2D eigenvalue weighted by Gasteiger charge is 2.50. The van der Waals surface area contributed by atoms with Crippen LogP contribution in [0.3, 0.4) is 0 Å². The van der Waals surface area contributed by atoms with E-state index < -0.39 is 5.60 Å². The monoisotopic (exact) mass is 218 g/mol. The molecule has 16 heavy (non-hydrogen) atoms. The van der Waals surface area contributed by atoms with Crippen LogP contribution < -0.4 is 0 Å². The van der Waals surface area contributed by atoms with Crippen molar-refractivity contribution in [3.63, 3.8) is 0 Å². The number of hydrogen-bond acceptors (Lipinski definition) is 1. The first-order chi connectivity index (χ1) is 7.18. The van der Waals surface area contributed by atoms with Gasteiger partial charge in [-0.05, 0) is 29.9 Å². The van der Waals surface area contributed by atoms with E-state index >= 15 is 0 Å². The predicted octanol–water partition coefficient (Wildman–Crippen LogP) is 3.40. The predicted molar refractivity (Wildman–Crippen MR) is 67.7 cm³/mol. The van der Waals surface area contributed by atoms with Crippen molar-refractivity contribution >= 4 is 0 Å².